The number of nitrogens with one attached hydrogen (secondary N) is 1. The van der Waals surface area contributed by atoms with Crippen molar-refractivity contribution >= 4 is 21.8 Å². The topological polar surface area (TPSA) is 61.9 Å². The summed E-state index contributed by atoms with van der Waals surface area (Å²) in [5.41, 5.74) is 0.913. The maximum Gasteiger partial charge on any atom is 0.249 e. The number of carbonyl (C=O) groups is 1. The lowest BCUT2D eigenvalue weighted by Gasteiger charge is -2.23. The summed E-state index contributed by atoms with van der Waals surface area (Å²) in [4.78, 5) is 11.5. The van der Waals surface area contributed by atoms with E-state index in [1.54, 1.807) is 5.48 Å². The number of hydrogen-bond acceptors (Lipinski definition) is 3. The minimum Gasteiger partial charge on any atom is -0.360 e. The monoisotopic (exact) mass is 303 g/mol. The highest BCUT2D eigenvalue weighted by Crippen LogP contribution is 2.54. The first-order valence-electron chi connectivity index (χ1n) is 5.91. The number of amides is 1. The fourth-order valence-electron chi connectivity index (χ4n) is 2.45. The summed E-state index contributed by atoms with van der Waals surface area (Å²) in [6.45, 7) is 3.63. The van der Waals surface area contributed by atoms with Gasteiger partial charge in [-0.2, -0.15) is 0 Å². The van der Waals surface area contributed by atoms with Crippen LogP contribution in [0.25, 0.3) is 0 Å². The molecule has 0 radical (unpaired) electrons. The molecule has 2 atom stereocenters. The first-order valence-corrected chi connectivity index (χ1v) is 6.70. The van der Waals surface area contributed by atoms with Gasteiger partial charge in [0.15, 0.2) is 0 Å². The number of ether oxygens (including phenoxy) is 1. The highest BCUT2D eigenvalue weighted by molar-refractivity contribution is 9.11. The molecule has 0 unspecified atom stereocenters. The van der Waals surface area contributed by atoms with E-state index in [-0.39, 0.29) is 17.6 Å². The predicted molar refractivity (Wildman–Crippen MR) is 66.8 cm³/mol. The molecule has 1 heterocycles. The Morgan fingerprint density at radius 1 is 1.76 bits per heavy atom. The second-order valence-corrected chi connectivity index (χ2v) is 6.32. The largest absolute Gasteiger partial charge is 0.360 e. The van der Waals surface area contributed by atoms with Crippen LogP contribution in [0, 0.1) is 5.41 Å². The van der Waals surface area contributed by atoms with E-state index in [4.69, 9.17) is 9.94 Å². The third-order valence-electron chi connectivity index (χ3n) is 3.71. The maximum atomic E-state index is 11.5. The molecule has 2 aliphatic rings. The summed E-state index contributed by atoms with van der Waals surface area (Å²) in [7, 11) is 0. The summed E-state index contributed by atoms with van der Waals surface area (Å²) in [5, 5.41) is 8.70. The molecule has 0 aromatic rings. The Bertz CT molecular complexity index is 367. The van der Waals surface area contributed by atoms with Gasteiger partial charge < -0.3 is 4.74 Å². The minimum atomic E-state index is -0.617. The zero-order valence-electron chi connectivity index (χ0n) is 10.1. The molecule has 1 amide bonds. The lowest BCUT2D eigenvalue weighted by Crippen LogP contribution is -2.37. The number of halogens is 1. The average molecular weight is 304 g/mol. The Kier molecular flexibility index (Phi) is 3.36. The molecular formula is C12H18BrNO3. The Labute approximate surface area is 109 Å². The lowest BCUT2D eigenvalue weighted by atomic mass is 9.81. The summed E-state index contributed by atoms with van der Waals surface area (Å²) in [5.74, 6) is -0.362. The second-order valence-electron chi connectivity index (χ2n) is 5.47. The van der Waals surface area contributed by atoms with E-state index in [9.17, 15) is 4.79 Å². The minimum absolute atomic E-state index is 0.0701. The molecule has 1 spiro atoms. The molecule has 2 N–H and O–H groups in total. The van der Waals surface area contributed by atoms with Crippen molar-refractivity contribution in [3.8, 4) is 0 Å². The number of carbonyl (C=O) groups excluding carboxylic acids is 1. The average Bonchev–Trinajstić information content (AvgIpc) is 2.95. The number of epoxide rings is 1. The molecule has 2 rings (SSSR count). The van der Waals surface area contributed by atoms with E-state index < -0.39 is 5.41 Å². The van der Waals surface area contributed by atoms with Gasteiger partial charge >= 0.3 is 0 Å². The molecule has 96 valence electrons. The lowest BCUT2D eigenvalue weighted by molar-refractivity contribution is -0.138. The molecule has 1 aliphatic carbocycles. The van der Waals surface area contributed by atoms with E-state index in [0.717, 1.165) is 23.7 Å². The fraction of sp³-hybridized carbons (Fsp3) is 0.750. The van der Waals surface area contributed by atoms with E-state index in [0.29, 0.717) is 6.42 Å². The van der Waals surface area contributed by atoms with Gasteiger partial charge in [-0.25, -0.2) is 5.48 Å². The fourth-order valence-corrected chi connectivity index (χ4v) is 3.23. The van der Waals surface area contributed by atoms with Crippen molar-refractivity contribution in [3.05, 3.63) is 10.6 Å². The molecule has 0 saturated carbocycles. The Morgan fingerprint density at radius 3 is 3.06 bits per heavy atom. The van der Waals surface area contributed by atoms with Gasteiger partial charge in [-0.05, 0) is 25.7 Å². The molecule has 0 bridgehead atoms. The predicted octanol–water partition coefficient (Wildman–Crippen LogP) is 2.51. The van der Waals surface area contributed by atoms with Gasteiger partial charge in [0.1, 0.15) is 5.60 Å². The molecule has 17 heavy (non-hydrogen) atoms. The van der Waals surface area contributed by atoms with Crippen molar-refractivity contribution in [3.63, 3.8) is 0 Å². The van der Waals surface area contributed by atoms with Gasteiger partial charge in [0.25, 0.3) is 0 Å². The quantitative estimate of drug-likeness (QED) is 0.478. The van der Waals surface area contributed by atoms with Crippen LogP contribution in [-0.2, 0) is 9.53 Å². The van der Waals surface area contributed by atoms with Crippen LogP contribution in [0.2, 0.25) is 0 Å². The van der Waals surface area contributed by atoms with Crippen molar-refractivity contribution in [2.45, 2.75) is 51.2 Å². The van der Waals surface area contributed by atoms with Gasteiger partial charge in [-0.3, -0.25) is 10.0 Å². The highest BCUT2D eigenvalue weighted by Gasteiger charge is 2.60. The molecule has 1 fully saturated rings. The maximum absolute atomic E-state index is 11.5. The molecule has 4 nitrogen and oxygen atoms in total. The second kappa shape index (κ2) is 4.37. The standard InChI is InChI=1S/C12H18BrNO3/c1-11(2,10(15)14-16)7-9-12(17-9)6-4-3-5-8(12)13/h5,9,16H,3-4,6-7H2,1-2H3,(H,14,15)/t9-,12-/m1/s1. The third kappa shape index (κ3) is 2.28. The third-order valence-corrected chi connectivity index (χ3v) is 4.70. The van der Waals surface area contributed by atoms with E-state index in [1.807, 2.05) is 13.8 Å². The van der Waals surface area contributed by atoms with Crippen molar-refractivity contribution in [1.29, 1.82) is 0 Å². The smallest absolute Gasteiger partial charge is 0.249 e. The van der Waals surface area contributed by atoms with Crippen molar-refractivity contribution in [2.24, 2.45) is 5.41 Å². The van der Waals surface area contributed by atoms with Crippen molar-refractivity contribution in [1.82, 2.24) is 5.48 Å². The molecule has 5 heteroatoms. The first-order chi connectivity index (χ1) is 7.92. The number of allylic oxidation sites excluding steroid dienone is 1. The van der Waals surface area contributed by atoms with Crippen molar-refractivity contribution < 1.29 is 14.7 Å². The Hall–Kier alpha value is -0.390. The molecule has 0 aromatic carbocycles. The molecule has 1 aliphatic heterocycles. The van der Waals surface area contributed by atoms with E-state index >= 15 is 0 Å². The number of hydrogen-bond donors (Lipinski definition) is 2. The van der Waals surface area contributed by atoms with E-state index in [1.165, 1.54) is 0 Å². The van der Waals surface area contributed by atoms with Crippen LogP contribution < -0.4 is 5.48 Å². The summed E-state index contributed by atoms with van der Waals surface area (Å²) < 4.78 is 6.92. The van der Waals surface area contributed by atoms with Crippen molar-refractivity contribution in [2.75, 3.05) is 0 Å². The zero-order valence-corrected chi connectivity index (χ0v) is 11.7. The normalized spacial score (nSPS) is 32.2. The SMILES string of the molecule is CC(C)(C[C@H]1O[C@@]12CCCC=C2Br)C(=O)NO. The molecule has 1 saturated heterocycles. The van der Waals surface area contributed by atoms with Gasteiger partial charge in [0.05, 0.1) is 6.10 Å². The highest BCUT2D eigenvalue weighted by atomic mass is 79.9. The number of rotatable bonds is 3. The summed E-state index contributed by atoms with van der Waals surface area (Å²) in [6.07, 6.45) is 6.05. The van der Waals surface area contributed by atoms with Gasteiger partial charge in [0.2, 0.25) is 5.91 Å². The zero-order chi connectivity index (χ0) is 12.7. The Balaban J connectivity index is 2.02. The van der Waals surface area contributed by atoms with Crippen LogP contribution in [-0.4, -0.2) is 22.8 Å². The van der Waals surface area contributed by atoms with Gasteiger partial charge in [-0.15, -0.1) is 0 Å². The van der Waals surface area contributed by atoms with Crippen LogP contribution in [0.1, 0.15) is 39.5 Å². The number of hydroxylamine groups is 1. The summed E-state index contributed by atoms with van der Waals surface area (Å²) >= 11 is 3.56. The molecule has 0 aromatic heterocycles. The van der Waals surface area contributed by atoms with E-state index in [2.05, 4.69) is 22.0 Å². The van der Waals surface area contributed by atoms with Gasteiger partial charge in [-0.1, -0.05) is 35.9 Å². The van der Waals surface area contributed by atoms with Crippen LogP contribution >= 0.6 is 15.9 Å². The first kappa shape index (κ1) is 13.1. The van der Waals surface area contributed by atoms with Crippen LogP contribution in [0.3, 0.4) is 0 Å². The Morgan fingerprint density at radius 2 is 2.47 bits per heavy atom. The van der Waals surface area contributed by atoms with Crippen LogP contribution in [0.15, 0.2) is 10.6 Å². The summed E-state index contributed by atoms with van der Waals surface area (Å²) in [6, 6.07) is 0. The van der Waals surface area contributed by atoms with Crippen LogP contribution in [0.4, 0.5) is 0 Å². The van der Waals surface area contributed by atoms with Gasteiger partial charge in [0, 0.05) is 9.90 Å². The van der Waals surface area contributed by atoms with Crippen LogP contribution in [0.5, 0.6) is 0 Å². The molecular weight excluding hydrogens is 286 g/mol.